The second-order valence-corrected chi connectivity index (χ2v) is 5.75. The van der Waals surface area contributed by atoms with Crippen molar-refractivity contribution in [2.24, 2.45) is 0 Å². The predicted molar refractivity (Wildman–Crippen MR) is 92.5 cm³/mol. The molecular formula is C19H19FN2O3. The number of hydrogen-bond acceptors (Lipinski definition) is 3. The average molecular weight is 342 g/mol. The summed E-state index contributed by atoms with van der Waals surface area (Å²) in [6, 6.07) is 13.1. The molecule has 5 nitrogen and oxygen atoms in total. The van der Waals surface area contributed by atoms with Crippen LogP contribution in [0, 0.1) is 12.7 Å². The van der Waals surface area contributed by atoms with Crippen molar-refractivity contribution in [1.82, 2.24) is 10.6 Å². The number of hydrogen-bond donors (Lipinski definition) is 3. The number of rotatable bonds is 5. The molecule has 0 aliphatic heterocycles. The van der Waals surface area contributed by atoms with Crippen LogP contribution in [0.25, 0.3) is 11.0 Å². The van der Waals surface area contributed by atoms with Gasteiger partial charge in [0.05, 0.1) is 12.6 Å². The van der Waals surface area contributed by atoms with E-state index in [9.17, 15) is 14.3 Å². The molecule has 25 heavy (non-hydrogen) atoms. The summed E-state index contributed by atoms with van der Waals surface area (Å²) in [5.74, 6) is 0.168. The minimum atomic E-state index is -1.11. The quantitative estimate of drug-likeness (QED) is 0.665. The maximum absolute atomic E-state index is 13.6. The highest BCUT2D eigenvalue weighted by Gasteiger charge is 2.14. The molecule has 130 valence electrons. The largest absolute Gasteiger partial charge is 0.459 e. The van der Waals surface area contributed by atoms with Gasteiger partial charge in [0.25, 0.3) is 0 Å². The summed E-state index contributed by atoms with van der Waals surface area (Å²) in [6.45, 7) is 2.07. The number of para-hydroxylation sites is 1. The first kappa shape index (κ1) is 17.0. The van der Waals surface area contributed by atoms with Gasteiger partial charge in [-0.2, -0.15) is 0 Å². The topological polar surface area (TPSA) is 74.5 Å². The SMILES string of the molecule is Cc1c(CNC(=O)NCC(O)c2ccccc2F)oc2ccccc12. The smallest absolute Gasteiger partial charge is 0.315 e. The lowest BCUT2D eigenvalue weighted by molar-refractivity contribution is 0.168. The van der Waals surface area contributed by atoms with Gasteiger partial charge in [0, 0.05) is 23.1 Å². The Morgan fingerprint density at radius 3 is 2.64 bits per heavy atom. The van der Waals surface area contributed by atoms with Gasteiger partial charge < -0.3 is 20.2 Å². The number of aliphatic hydroxyl groups is 1. The number of aliphatic hydroxyl groups excluding tert-OH is 1. The molecule has 2 amide bonds. The molecule has 0 radical (unpaired) electrons. The second kappa shape index (κ2) is 7.36. The van der Waals surface area contributed by atoms with E-state index in [2.05, 4.69) is 10.6 Å². The minimum absolute atomic E-state index is 0.0914. The van der Waals surface area contributed by atoms with Crippen LogP contribution < -0.4 is 10.6 Å². The molecule has 2 aromatic carbocycles. The minimum Gasteiger partial charge on any atom is -0.459 e. The normalized spacial score (nSPS) is 12.1. The summed E-state index contributed by atoms with van der Waals surface area (Å²) < 4.78 is 19.3. The summed E-state index contributed by atoms with van der Waals surface area (Å²) in [4.78, 5) is 11.9. The van der Waals surface area contributed by atoms with Crippen LogP contribution >= 0.6 is 0 Å². The predicted octanol–water partition coefficient (Wildman–Crippen LogP) is 3.41. The van der Waals surface area contributed by atoms with E-state index in [0.717, 1.165) is 16.5 Å². The molecule has 0 bridgehead atoms. The number of halogens is 1. The number of fused-ring (bicyclic) bond motifs is 1. The summed E-state index contributed by atoms with van der Waals surface area (Å²) >= 11 is 0. The van der Waals surface area contributed by atoms with Crippen LogP contribution in [0.5, 0.6) is 0 Å². The Bertz CT molecular complexity index is 891. The van der Waals surface area contributed by atoms with E-state index in [1.54, 1.807) is 12.1 Å². The van der Waals surface area contributed by atoms with Crippen LogP contribution in [-0.2, 0) is 6.54 Å². The molecule has 0 saturated carbocycles. The third-order valence-corrected chi connectivity index (χ3v) is 4.07. The van der Waals surface area contributed by atoms with E-state index < -0.39 is 18.0 Å². The first-order valence-electron chi connectivity index (χ1n) is 7.97. The Labute approximate surface area is 144 Å². The number of amides is 2. The van der Waals surface area contributed by atoms with Crippen LogP contribution in [0.2, 0.25) is 0 Å². The fraction of sp³-hybridized carbons (Fsp3) is 0.211. The van der Waals surface area contributed by atoms with Crippen LogP contribution in [0.15, 0.2) is 52.9 Å². The van der Waals surface area contributed by atoms with E-state index in [4.69, 9.17) is 4.42 Å². The number of benzene rings is 2. The van der Waals surface area contributed by atoms with E-state index in [1.807, 2.05) is 31.2 Å². The molecule has 1 atom stereocenters. The monoisotopic (exact) mass is 342 g/mol. The Kier molecular flexibility index (Phi) is 5.00. The van der Waals surface area contributed by atoms with Crippen molar-refractivity contribution in [3.05, 3.63) is 71.2 Å². The number of urea groups is 1. The Hall–Kier alpha value is -2.86. The summed E-state index contributed by atoms with van der Waals surface area (Å²) in [5.41, 5.74) is 1.89. The lowest BCUT2D eigenvalue weighted by Crippen LogP contribution is -2.37. The van der Waals surface area contributed by atoms with Gasteiger partial charge in [-0.3, -0.25) is 0 Å². The van der Waals surface area contributed by atoms with Gasteiger partial charge in [-0.05, 0) is 19.1 Å². The molecule has 3 N–H and O–H groups in total. The molecular weight excluding hydrogens is 323 g/mol. The average Bonchev–Trinajstić information content (AvgIpc) is 2.94. The number of nitrogens with one attached hydrogen (secondary N) is 2. The maximum atomic E-state index is 13.6. The zero-order valence-electron chi connectivity index (χ0n) is 13.8. The third-order valence-electron chi connectivity index (χ3n) is 4.07. The second-order valence-electron chi connectivity index (χ2n) is 5.75. The first-order valence-corrected chi connectivity index (χ1v) is 7.97. The Morgan fingerprint density at radius 2 is 1.88 bits per heavy atom. The van der Waals surface area contributed by atoms with Crippen molar-refractivity contribution in [1.29, 1.82) is 0 Å². The lowest BCUT2D eigenvalue weighted by atomic mass is 10.1. The fourth-order valence-electron chi connectivity index (χ4n) is 2.66. The van der Waals surface area contributed by atoms with Gasteiger partial charge in [0.15, 0.2) is 0 Å². The zero-order valence-corrected chi connectivity index (χ0v) is 13.8. The summed E-state index contributed by atoms with van der Waals surface area (Å²) in [6.07, 6.45) is -1.11. The molecule has 1 unspecified atom stereocenters. The van der Waals surface area contributed by atoms with Crippen molar-refractivity contribution in [2.75, 3.05) is 6.54 Å². The van der Waals surface area contributed by atoms with E-state index in [0.29, 0.717) is 5.76 Å². The lowest BCUT2D eigenvalue weighted by Gasteiger charge is -2.13. The highest BCUT2D eigenvalue weighted by Crippen LogP contribution is 2.24. The standard InChI is InChI=1S/C19H19FN2O3/c1-12-13-6-3-5-9-17(13)25-18(12)11-22-19(24)21-10-16(23)14-7-2-4-8-15(14)20/h2-9,16,23H,10-11H2,1H3,(H2,21,22,24). The molecule has 0 aliphatic rings. The summed E-state index contributed by atoms with van der Waals surface area (Å²) in [5, 5.41) is 16.2. The molecule has 1 aromatic heterocycles. The fourth-order valence-corrected chi connectivity index (χ4v) is 2.66. The van der Waals surface area contributed by atoms with Gasteiger partial charge in [-0.15, -0.1) is 0 Å². The van der Waals surface area contributed by atoms with Gasteiger partial charge in [-0.1, -0.05) is 36.4 Å². The van der Waals surface area contributed by atoms with Crippen molar-refractivity contribution in [3.8, 4) is 0 Å². The maximum Gasteiger partial charge on any atom is 0.315 e. The van der Waals surface area contributed by atoms with E-state index in [-0.39, 0.29) is 18.7 Å². The number of carbonyl (C=O) groups is 1. The molecule has 3 rings (SSSR count). The molecule has 0 fully saturated rings. The highest BCUT2D eigenvalue weighted by atomic mass is 19.1. The molecule has 0 spiro atoms. The van der Waals surface area contributed by atoms with Crippen LogP contribution in [-0.4, -0.2) is 17.7 Å². The van der Waals surface area contributed by atoms with Gasteiger partial charge >= 0.3 is 6.03 Å². The Balaban J connectivity index is 1.54. The highest BCUT2D eigenvalue weighted by molar-refractivity contribution is 5.82. The van der Waals surface area contributed by atoms with Gasteiger partial charge in [0.2, 0.25) is 0 Å². The van der Waals surface area contributed by atoms with E-state index >= 15 is 0 Å². The van der Waals surface area contributed by atoms with Crippen molar-refractivity contribution < 1.29 is 18.7 Å². The third kappa shape index (κ3) is 3.80. The number of aryl methyl sites for hydroxylation is 1. The van der Waals surface area contributed by atoms with Crippen molar-refractivity contribution in [3.63, 3.8) is 0 Å². The van der Waals surface area contributed by atoms with Crippen LogP contribution in [0.4, 0.5) is 9.18 Å². The molecule has 1 heterocycles. The van der Waals surface area contributed by atoms with E-state index in [1.165, 1.54) is 12.1 Å². The summed E-state index contributed by atoms with van der Waals surface area (Å²) in [7, 11) is 0. The van der Waals surface area contributed by atoms with Crippen LogP contribution in [0.3, 0.4) is 0 Å². The van der Waals surface area contributed by atoms with Crippen molar-refractivity contribution >= 4 is 17.0 Å². The molecule has 0 saturated heterocycles. The van der Waals surface area contributed by atoms with Gasteiger partial charge in [-0.25, -0.2) is 9.18 Å². The first-order chi connectivity index (χ1) is 12.1. The van der Waals surface area contributed by atoms with Crippen molar-refractivity contribution in [2.45, 2.75) is 19.6 Å². The molecule has 6 heteroatoms. The molecule has 0 aliphatic carbocycles. The van der Waals surface area contributed by atoms with Crippen LogP contribution in [0.1, 0.15) is 23.0 Å². The number of carbonyl (C=O) groups excluding carboxylic acids is 1. The Morgan fingerprint density at radius 1 is 1.16 bits per heavy atom. The number of furan rings is 1. The van der Waals surface area contributed by atoms with Gasteiger partial charge in [0.1, 0.15) is 17.2 Å². The molecule has 3 aromatic rings. The zero-order chi connectivity index (χ0) is 17.8.